The molecule has 0 amide bonds. The third kappa shape index (κ3) is 7.50. The first-order valence-electron chi connectivity index (χ1n) is 5.85. The predicted molar refractivity (Wildman–Crippen MR) is 64.5 cm³/mol. The van der Waals surface area contributed by atoms with E-state index >= 15 is 0 Å². The second-order valence-electron chi connectivity index (χ2n) is 3.89. The van der Waals surface area contributed by atoms with Crippen LogP contribution in [0.4, 0.5) is 8.78 Å². The highest BCUT2D eigenvalue weighted by Gasteiger charge is 2.20. The largest absolute Gasteiger partial charge is 0.469 e. The van der Waals surface area contributed by atoms with Gasteiger partial charge < -0.3 is 14.8 Å². The second kappa shape index (κ2) is 9.43. The summed E-state index contributed by atoms with van der Waals surface area (Å²) in [4.78, 5) is 22.4. The predicted octanol–water partition coefficient (Wildman–Crippen LogP) is 1.49. The van der Waals surface area contributed by atoms with Crippen LogP contribution < -0.4 is 5.32 Å². The molecule has 0 rings (SSSR count). The quantitative estimate of drug-likeness (QED) is 0.682. The van der Waals surface area contributed by atoms with Crippen LogP contribution in [0, 0.1) is 5.92 Å². The van der Waals surface area contributed by atoms with Crippen LogP contribution >= 0.6 is 0 Å². The number of ether oxygens (including phenoxy) is 2. The van der Waals surface area contributed by atoms with Gasteiger partial charge in [0, 0.05) is 12.5 Å². The van der Waals surface area contributed by atoms with E-state index in [1.807, 2.05) is 0 Å². The van der Waals surface area contributed by atoms with Crippen LogP contribution in [0.2, 0.25) is 0 Å². The molecule has 0 saturated carbocycles. The third-order valence-electron chi connectivity index (χ3n) is 2.54. The zero-order chi connectivity index (χ0) is 14.8. The molecular formula is C12H19F2NO4. The van der Waals surface area contributed by atoms with Crippen LogP contribution in [0.5, 0.6) is 0 Å². The topological polar surface area (TPSA) is 64.6 Å². The molecule has 0 aromatic rings. The molecule has 0 saturated heterocycles. The Morgan fingerprint density at radius 2 is 1.89 bits per heavy atom. The highest BCUT2D eigenvalue weighted by molar-refractivity contribution is 5.75. The summed E-state index contributed by atoms with van der Waals surface area (Å²) < 4.78 is 33.5. The molecule has 0 unspecified atom stereocenters. The van der Waals surface area contributed by atoms with E-state index in [1.54, 1.807) is 6.92 Å². The zero-order valence-corrected chi connectivity index (χ0v) is 11.2. The van der Waals surface area contributed by atoms with Crippen LogP contribution in [0.15, 0.2) is 12.2 Å². The lowest BCUT2D eigenvalue weighted by Gasteiger charge is -2.17. The second-order valence-corrected chi connectivity index (χ2v) is 3.89. The lowest BCUT2D eigenvalue weighted by atomic mass is 10.0. The van der Waals surface area contributed by atoms with E-state index in [4.69, 9.17) is 0 Å². The van der Waals surface area contributed by atoms with Gasteiger partial charge >= 0.3 is 11.9 Å². The van der Waals surface area contributed by atoms with Gasteiger partial charge in [0.1, 0.15) is 6.04 Å². The standard InChI is InChI=1S/C12H19F2NO4/c1-4-9(12(17)19-3)15-7-8(5-10(13)14)6-11(16)18-2/h5,8-9,15H,4,6-7H2,1-3H3/t8-,9+/m1/s1. The summed E-state index contributed by atoms with van der Waals surface area (Å²) in [5.41, 5.74) is 0. The molecule has 2 atom stereocenters. The Balaban J connectivity index is 4.51. The smallest absolute Gasteiger partial charge is 0.322 e. The van der Waals surface area contributed by atoms with Crippen molar-refractivity contribution in [1.82, 2.24) is 5.32 Å². The van der Waals surface area contributed by atoms with E-state index in [-0.39, 0.29) is 13.0 Å². The molecule has 0 aromatic heterocycles. The molecule has 5 nitrogen and oxygen atoms in total. The van der Waals surface area contributed by atoms with Gasteiger partial charge in [-0.05, 0) is 12.5 Å². The molecular weight excluding hydrogens is 260 g/mol. The number of nitrogens with one attached hydrogen (secondary N) is 1. The summed E-state index contributed by atoms with van der Waals surface area (Å²) in [6.45, 7) is 1.82. The van der Waals surface area contributed by atoms with Crippen molar-refractivity contribution in [2.75, 3.05) is 20.8 Å². The molecule has 0 spiro atoms. The van der Waals surface area contributed by atoms with Crippen molar-refractivity contribution < 1.29 is 27.8 Å². The van der Waals surface area contributed by atoms with Crippen LogP contribution in [0.25, 0.3) is 0 Å². The first-order valence-corrected chi connectivity index (χ1v) is 5.85. The van der Waals surface area contributed by atoms with Crippen LogP contribution in [0.3, 0.4) is 0 Å². The van der Waals surface area contributed by atoms with E-state index in [1.165, 1.54) is 14.2 Å². The van der Waals surface area contributed by atoms with Gasteiger partial charge in [0.2, 0.25) is 0 Å². The highest BCUT2D eigenvalue weighted by Crippen LogP contribution is 2.11. The molecule has 19 heavy (non-hydrogen) atoms. The number of hydrogen-bond donors (Lipinski definition) is 1. The summed E-state index contributed by atoms with van der Waals surface area (Å²) in [7, 11) is 2.44. The zero-order valence-electron chi connectivity index (χ0n) is 11.2. The lowest BCUT2D eigenvalue weighted by molar-refractivity contribution is -0.143. The Morgan fingerprint density at radius 1 is 1.26 bits per heavy atom. The number of halogens is 2. The van der Waals surface area contributed by atoms with Gasteiger partial charge in [0.25, 0.3) is 6.08 Å². The van der Waals surface area contributed by atoms with Crippen LogP contribution in [-0.4, -0.2) is 38.7 Å². The number of hydrogen-bond acceptors (Lipinski definition) is 5. The van der Waals surface area contributed by atoms with Crippen molar-refractivity contribution in [2.45, 2.75) is 25.8 Å². The van der Waals surface area contributed by atoms with Crippen LogP contribution in [0.1, 0.15) is 19.8 Å². The van der Waals surface area contributed by atoms with Crippen molar-refractivity contribution in [3.63, 3.8) is 0 Å². The molecule has 0 fully saturated rings. The average Bonchev–Trinajstić information content (AvgIpc) is 2.37. The van der Waals surface area contributed by atoms with Crippen LogP contribution in [-0.2, 0) is 19.1 Å². The van der Waals surface area contributed by atoms with Gasteiger partial charge in [-0.15, -0.1) is 0 Å². The van der Waals surface area contributed by atoms with Crippen molar-refractivity contribution >= 4 is 11.9 Å². The van der Waals surface area contributed by atoms with Gasteiger partial charge in [0.15, 0.2) is 0 Å². The minimum atomic E-state index is -1.87. The van der Waals surface area contributed by atoms with Crippen molar-refractivity contribution in [3.05, 3.63) is 12.2 Å². The van der Waals surface area contributed by atoms with E-state index in [2.05, 4.69) is 14.8 Å². The van der Waals surface area contributed by atoms with Gasteiger partial charge in [-0.3, -0.25) is 9.59 Å². The van der Waals surface area contributed by atoms with Gasteiger partial charge in [-0.1, -0.05) is 6.92 Å². The highest BCUT2D eigenvalue weighted by atomic mass is 19.3. The fraction of sp³-hybridized carbons (Fsp3) is 0.667. The van der Waals surface area contributed by atoms with E-state index in [0.29, 0.717) is 12.5 Å². The van der Waals surface area contributed by atoms with Gasteiger partial charge in [-0.25, -0.2) is 0 Å². The number of esters is 2. The molecule has 7 heteroatoms. The molecule has 0 bridgehead atoms. The summed E-state index contributed by atoms with van der Waals surface area (Å²) >= 11 is 0. The average molecular weight is 279 g/mol. The van der Waals surface area contributed by atoms with Crippen molar-refractivity contribution in [2.24, 2.45) is 5.92 Å². The Labute approximate surface area is 110 Å². The van der Waals surface area contributed by atoms with E-state index in [9.17, 15) is 18.4 Å². The fourth-order valence-corrected chi connectivity index (χ4v) is 1.50. The van der Waals surface area contributed by atoms with E-state index in [0.717, 1.165) is 0 Å². The summed E-state index contributed by atoms with van der Waals surface area (Å²) in [6.07, 6.45) is -0.923. The monoisotopic (exact) mass is 279 g/mol. The number of carbonyl (C=O) groups is 2. The van der Waals surface area contributed by atoms with Gasteiger partial charge in [-0.2, -0.15) is 8.78 Å². The molecule has 0 aliphatic rings. The number of rotatable bonds is 8. The minimum Gasteiger partial charge on any atom is -0.469 e. The van der Waals surface area contributed by atoms with E-state index < -0.39 is 30.0 Å². The molecule has 0 aliphatic heterocycles. The first-order chi connectivity index (χ1) is 8.94. The molecule has 1 N–H and O–H groups in total. The maximum absolute atomic E-state index is 12.3. The normalized spacial score (nSPS) is 13.3. The minimum absolute atomic E-state index is 0.0556. The lowest BCUT2D eigenvalue weighted by Crippen LogP contribution is -2.39. The molecule has 0 heterocycles. The fourth-order valence-electron chi connectivity index (χ4n) is 1.50. The summed E-state index contributed by atoms with van der Waals surface area (Å²) in [6, 6.07) is -0.582. The van der Waals surface area contributed by atoms with Crippen molar-refractivity contribution in [3.8, 4) is 0 Å². The maximum Gasteiger partial charge on any atom is 0.322 e. The Morgan fingerprint density at radius 3 is 2.32 bits per heavy atom. The summed E-state index contributed by atoms with van der Waals surface area (Å²) in [5, 5.41) is 2.79. The Bertz CT molecular complexity index is 330. The molecule has 110 valence electrons. The Hall–Kier alpha value is -1.50. The Kier molecular flexibility index (Phi) is 8.69. The number of carbonyl (C=O) groups excluding carboxylic acids is 2. The SMILES string of the molecule is CC[C@H](NC[C@H](C=C(F)F)CC(=O)OC)C(=O)OC. The maximum atomic E-state index is 12.3. The molecule has 0 aliphatic carbocycles. The molecule has 0 aromatic carbocycles. The van der Waals surface area contributed by atoms with Crippen molar-refractivity contribution in [1.29, 1.82) is 0 Å². The number of methoxy groups -OCH3 is 2. The van der Waals surface area contributed by atoms with Gasteiger partial charge in [0.05, 0.1) is 20.6 Å². The first kappa shape index (κ1) is 17.5. The third-order valence-corrected chi connectivity index (χ3v) is 2.54. The molecule has 0 radical (unpaired) electrons. The summed E-state index contributed by atoms with van der Waals surface area (Å²) in [5.74, 6) is -1.80.